The summed E-state index contributed by atoms with van der Waals surface area (Å²) in [5, 5.41) is 1.81. The molecule has 3 heterocycles. The number of hydrogen-bond donors (Lipinski definition) is 1. The monoisotopic (exact) mass is 404 g/mol. The number of carbonyl (C=O) groups is 2. The van der Waals surface area contributed by atoms with Gasteiger partial charge in [0.25, 0.3) is 0 Å². The standard InChI is InChI=1S/C20H21ClN2O3S/c1-20-7-6-18(24)23(20)17(10-27-20)19(25)26-12-3-5-16-14(9-12)13-8-11(21)2-4-15(13)22-16/h2,4,8,12,17,22H,3,5-7,9-10H2,1H3/t12-,17+,20+/m1/s1. The van der Waals surface area contributed by atoms with Crippen LogP contribution in [0.25, 0.3) is 10.9 Å². The number of nitrogens with one attached hydrogen (secondary N) is 1. The summed E-state index contributed by atoms with van der Waals surface area (Å²) in [5.41, 5.74) is 3.47. The fourth-order valence-electron chi connectivity index (χ4n) is 4.70. The molecule has 0 saturated carbocycles. The first-order chi connectivity index (χ1) is 12.9. The Balaban J connectivity index is 1.34. The number of carbonyl (C=O) groups excluding carboxylic acids is 2. The summed E-state index contributed by atoms with van der Waals surface area (Å²) in [6.45, 7) is 2.05. The molecule has 0 radical (unpaired) electrons. The van der Waals surface area contributed by atoms with Crippen LogP contribution in [-0.4, -0.2) is 44.5 Å². The first kappa shape index (κ1) is 17.4. The average molecular weight is 405 g/mol. The van der Waals surface area contributed by atoms with E-state index in [-0.39, 0.29) is 22.9 Å². The number of amides is 1. The molecule has 27 heavy (non-hydrogen) atoms. The lowest BCUT2D eigenvalue weighted by atomic mass is 9.93. The van der Waals surface area contributed by atoms with E-state index in [2.05, 4.69) is 11.9 Å². The number of hydrogen-bond acceptors (Lipinski definition) is 4. The molecule has 5 nitrogen and oxygen atoms in total. The Labute approximate surface area is 166 Å². The topological polar surface area (TPSA) is 62.4 Å². The van der Waals surface area contributed by atoms with Crippen LogP contribution < -0.4 is 0 Å². The Bertz CT molecular complexity index is 958. The second-order valence-electron chi connectivity index (χ2n) is 7.84. The molecule has 0 unspecified atom stereocenters. The second kappa shape index (κ2) is 6.17. The van der Waals surface area contributed by atoms with Crippen molar-refractivity contribution in [1.82, 2.24) is 9.88 Å². The molecule has 2 saturated heterocycles. The van der Waals surface area contributed by atoms with Gasteiger partial charge in [0, 0.05) is 40.2 Å². The molecule has 142 valence electrons. The van der Waals surface area contributed by atoms with E-state index >= 15 is 0 Å². The second-order valence-corrected chi connectivity index (χ2v) is 9.78. The van der Waals surface area contributed by atoms with Crippen molar-refractivity contribution in [3.63, 3.8) is 0 Å². The van der Waals surface area contributed by atoms with E-state index in [0.29, 0.717) is 23.6 Å². The number of esters is 1. The maximum absolute atomic E-state index is 12.9. The van der Waals surface area contributed by atoms with E-state index < -0.39 is 6.04 Å². The lowest BCUT2D eigenvalue weighted by Gasteiger charge is -2.31. The molecule has 7 heteroatoms. The van der Waals surface area contributed by atoms with Gasteiger partial charge in [0.1, 0.15) is 12.1 Å². The van der Waals surface area contributed by atoms with Gasteiger partial charge in [-0.3, -0.25) is 4.79 Å². The van der Waals surface area contributed by atoms with Gasteiger partial charge in [0.05, 0.1) is 4.87 Å². The van der Waals surface area contributed by atoms with Crippen molar-refractivity contribution in [1.29, 1.82) is 0 Å². The highest BCUT2D eigenvalue weighted by Gasteiger charge is 2.53. The molecule has 0 bridgehead atoms. The van der Waals surface area contributed by atoms with Crippen molar-refractivity contribution in [2.45, 2.75) is 56.0 Å². The van der Waals surface area contributed by atoms with E-state index in [1.165, 1.54) is 11.3 Å². The molecule has 1 amide bonds. The highest BCUT2D eigenvalue weighted by molar-refractivity contribution is 8.01. The van der Waals surface area contributed by atoms with Gasteiger partial charge in [0.15, 0.2) is 0 Å². The van der Waals surface area contributed by atoms with Crippen molar-refractivity contribution in [2.24, 2.45) is 0 Å². The maximum atomic E-state index is 12.9. The molecule has 1 N–H and O–H groups in total. The summed E-state index contributed by atoms with van der Waals surface area (Å²) < 4.78 is 5.89. The van der Waals surface area contributed by atoms with Gasteiger partial charge in [-0.2, -0.15) is 0 Å². The highest BCUT2D eigenvalue weighted by Crippen LogP contribution is 2.47. The summed E-state index contributed by atoms with van der Waals surface area (Å²) in [6.07, 6.45) is 3.51. The lowest BCUT2D eigenvalue weighted by molar-refractivity contribution is -0.158. The molecule has 1 aliphatic carbocycles. The molecular weight excluding hydrogens is 384 g/mol. The molecule has 0 spiro atoms. The molecule has 1 aromatic carbocycles. The van der Waals surface area contributed by atoms with Crippen LogP contribution in [0.4, 0.5) is 0 Å². The van der Waals surface area contributed by atoms with Crippen molar-refractivity contribution in [3.8, 4) is 0 Å². The summed E-state index contributed by atoms with van der Waals surface area (Å²) in [6, 6.07) is 5.39. The fourth-order valence-corrected chi connectivity index (χ4v) is 6.28. The Kier molecular flexibility index (Phi) is 3.99. The summed E-state index contributed by atoms with van der Waals surface area (Å²) in [4.78, 5) is 30.1. The van der Waals surface area contributed by atoms with Crippen LogP contribution in [0.1, 0.15) is 37.4 Å². The molecule has 2 aromatic rings. The number of rotatable bonds is 2. The van der Waals surface area contributed by atoms with Crippen molar-refractivity contribution >= 4 is 46.1 Å². The Hall–Kier alpha value is -1.66. The minimum atomic E-state index is -0.450. The first-order valence-electron chi connectivity index (χ1n) is 9.40. The van der Waals surface area contributed by atoms with Crippen LogP contribution in [0.2, 0.25) is 5.02 Å². The summed E-state index contributed by atoms with van der Waals surface area (Å²) in [5.74, 6) is 0.441. The minimum Gasteiger partial charge on any atom is -0.460 e. The van der Waals surface area contributed by atoms with E-state index in [1.807, 2.05) is 18.2 Å². The number of fused-ring (bicyclic) bond motifs is 4. The van der Waals surface area contributed by atoms with Crippen molar-refractivity contribution in [2.75, 3.05) is 5.75 Å². The predicted molar refractivity (Wildman–Crippen MR) is 106 cm³/mol. The van der Waals surface area contributed by atoms with Crippen LogP contribution in [0, 0.1) is 0 Å². The molecule has 3 aliphatic rings. The Morgan fingerprint density at radius 1 is 1.41 bits per heavy atom. The number of aromatic nitrogens is 1. The number of thioether (sulfide) groups is 1. The van der Waals surface area contributed by atoms with Gasteiger partial charge in [-0.15, -0.1) is 11.8 Å². The third-order valence-electron chi connectivity index (χ3n) is 6.10. The first-order valence-corrected chi connectivity index (χ1v) is 10.8. The zero-order valence-corrected chi connectivity index (χ0v) is 16.7. The van der Waals surface area contributed by atoms with E-state index in [1.54, 1.807) is 16.7 Å². The maximum Gasteiger partial charge on any atom is 0.330 e. The largest absolute Gasteiger partial charge is 0.460 e. The zero-order chi connectivity index (χ0) is 18.8. The van der Waals surface area contributed by atoms with E-state index in [0.717, 1.165) is 30.2 Å². The van der Waals surface area contributed by atoms with Gasteiger partial charge in [0.2, 0.25) is 5.91 Å². The van der Waals surface area contributed by atoms with Gasteiger partial charge >= 0.3 is 5.97 Å². The van der Waals surface area contributed by atoms with Gasteiger partial charge < -0.3 is 14.6 Å². The molecule has 3 atom stereocenters. The average Bonchev–Trinajstić information content (AvgIpc) is 3.26. The smallest absolute Gasteiger partial charge is 0.330 e. The van der Waals surface area contributed by atoms with Crippen LogP contribution in [-0.2, 0) is 27.2 Å². The molecule has 2 fully saturated rings. The minimum absolute atomic E-state index is 0.0710. The number of aryl methyl sites for hydroxylation is 1. The van der Waals surface area contributed by atoms with Crippen LogP contribution in [0.5, 0.6) is 0 Å². The molecule has 5 rings (SSSR count). The van der Waals surface area contributed by atoms with E-state index in [9.17, 15) is 9.59 Å². The summed E-state index contributed by atoms with van der Waals surface area (Å²) >= 11 is 7.86. The van der Waals surface area contributed by atoms with Gasteiger partial charge in [-0.05, 0) is 49.9 Å². The van der Waals surface area contributed by atoms with Gasteiger partial charge in [-0.25, -0.2) is 4.79 Å². The Morgan fingerprint density at radius 3 is 3.11 bits per heavy atom. The zero-order valence-electron chi connectivity index (χ0n) is 15.1. The third-order valence-corrected chi connectivity index (χ3v) is 7.84. The number of benzene rings is 1. The normalized spacial score (nSPS) is 29.9. The van der Waals surface area contributed by atoms with Crippen molar-refractivity contribution in [3.05, 3.63) is 34.5 Å². The van der Waals surface area contributed by atoms with Crippen LogP contribution in [0.3, 0.4) is 0 Å². The third kappa shape index (κ3) is 2.76. The van der Waals surface area contributed by atoms with Crippen LogP contribution >= 0.6 is 23.4 Å². The number of halogens is 1. The van der Waals surface area contributed by atoms with Crippen molar-refractivity contribution < 1.29 is 14.3 Å². The number of ether oxygens (including phenoxy) is 1. The Morgan fingerprint density at radius 2 is 2.26 bits per heavy atom. The lowest BCUT2D eigenvalue weighted by Crippen LogP contribution is -2.47. The molecular formula is C20H21ClN2O3S. The fraction of sp³-hybridized carbons (Fsp3) is 0.500. The summed E-state index contributed by atoms with van der Waals surface area (Å²) in [7, 11) is 0. The molecule has 2 aliphatic heterocycles. The molecule has 1 aromatic heterocycles. The number of nitrogens with zero attached hydrogens (tertiary/aromatic N) is 1. The van der Waals surface area contributed by atoms with E-state index in [4.69, 9.17) is 16.3 Å². The highest BCUT2D eigenvalue weighted by atomic mass is 35.5. The SMILES string of the molecule is C[C@]12CCC(=O)N1[C@H](C(=O)O[C@@H]1CCc3[nH]c4ccc(Cl)cc4c3C1)CS2. The predicted octanol–water partition coefficient (Wildman–Crippen LogP) is 3.68. The quantitative estimate of drug-likeness (QED) is 0.775. The van der Waals surface area contributed by atoms with Crippen LogP contribution in [0.15, 0.2) is 18.2 Å². The van der Waals surface area contributed by atoms with Gasteiger partial charge in [-0.1, -0.05) is 11.6 Å². The number of H-pyrrole nitrogens is 1. The number of aromatic amines is 1.